The number of amides is 1. The normalized spacial score (nSPS) is 12.0. The highest BCUT2D eigenvalue weighted by atomic mass is 32.2. The van der Waals surface area contributed by atoms with Crippen LogP contribution in [0.1, 0.15) is 16.8 Å². The third kappa shape index (κ3) is 3.91. The van der Waals surface area contributed by atoms with Crippen LogP contribution in [0.5, 0.6) is 0 Å². The van der Waals surface area contributed by atoms with Gasteiger partial charge in [0.05, 0.1) is 11.0 Å². The second-order valence-corrected chi connectivity index (χ2v) is 5.39. The second kappa shape index (κ2) is 7.03. The van der Waals surface area contributed by atoms with Crippen LogP contribution >= 0.6 is 11.8 Å². The molecular formula is C14H15N3O3S. The number of fused-ring (bicyclic) bond motifs is 1. The van der Waals surface area contributed by atoms with Gasteiger partial charge in [-0.2, -0.15) is 11.8 Å². The average Bonchev–Trinajstić information content (AvgIpc) is 2.50. The number of nitrogens with one attached hydrogen (secondary N) is 1. The maximum atomic E-state index is 12.1. The number of hydrogen-bond acceptors (Lipinski definition) is 5. The van der Waals surface area contributed by atoms with Crippen molar-refractivity contribution < 1.29 is 14.7 Å². The number of aromatic nitrogens is 2. The van der Waals surface area contributed by atoms with Crippen molar-refractivity contribution in [2.45, 2.75) is 12.5 Å². The molecule has 0 aliphatic rings. The molecular weight excluding hydrogens is 290 g/mol. The van der Waals surface area contributed by atoms with Crippen molar-refractivity contribution in [2.24, 2.45) is 0 Å². The van der Waals surface area contributed by atoms with Crippen molar-refractivity contribution in [3.63, 3.8) is 0 Å². The summed E-state index contributed by atoms with van der Waals surface area (Å²) in [5.74, 6) is -0.783. The molecule has 0 bridgehead atoms. The predicted molar refractivity (Wildman–Crippen MR) is 81.4 cm³/mol. The molecule has 1 atom stereocenters. The van der Waals surface area contributed by atoms with Crippen LogP contribution in [-0.2, 0) is 4.79 Å². The summed E-state index contributed by atoms with van der Waals surface area (Å²) in [6.07, 6.45) is 5.39. The predicted octanol–water partition coefficient (Wildman–Crippen LogP) is 1.57. The Bertz CT molecular complexity index is 663. The number of hydrogen-bond donors (Lipinski definition) is 2. The second-order valence-electron chi connectivity index (χ2n) is 4.41. The highest BCUT2D eigenvalue weighted by Crippen LogP contribution is 2.11. The number of carbonyl (C=O) groups excluding carboxylic acids is 1. The number of carboxylic acid groups (broad SMARTS) is 1. The Morgan fingerprint density at radius 1 is 1.29 bits per heavy atom. The van der Waals surface area contributed by atoms with Gasteiger partial charge in [0.25, 0.3) is 5.91 Å². The van der Waals surface area contributed by atoms with Crippen LogP contribution in [0, 0.1) is 0 Å². The summed E-state index contributed by atoms with van der Waals surface area (Å²) in [7, 11) is 0. The van der Waals surface area contributed by atoms with E-state index in [9.17, 15) is 9.59 Å². The Hall–Kier alpha value is -2.15. The monoisotopic (exact) mass is 305 g/mol. The first-order valence-electron chi connectivity index (χ1n) is 6.35. The highest BCUT2D eigenvalue weighted by molar-refractivity contribution is 7.98. The van der Waals surface area contributed by atoms with Gasteiger partial charge in [0.15, 0.2) is 0 Å². The quantitative estimate of drug-likeness (QED) is 0.841. The van der Waals surface area contributed by atoms with E-state index in [1.807, 2.05) is 6.26 Å². The Kier molecular flexibility index (Phi) is 5.10. The van der Waals surface area contributed by atoms with Gasteiger partial charge in [-0.3, -0.25) is 14.8 Å². The van der Waals surface area contributed by atoms with E-state index in [4.69, 9.17) is 5.11 Å². The number of carboxylic acids is 1. The maximum Gasteiger partial charge on any atom is 0.326 e. The SMILES string of the molecule is CSCCC(NC(=O)c1ccc2nccnc2c1)C(=O)O. The fourth-order valence-electron chi connectivity index (χ4n) is 1.84. The first-order chi connectivity index (χ1) is 10.1. The van der Waals surface area contributed by atoms with Crippen LogP contribution in [0.4, 0.5) is 0 Å². The minimum Gasteiger partial charge on any atom is -0.480 e. The first kappa shape index (κ1) is 15.2. The van der Waals surface area contributed by atoms with Crippen molar-refractivity contribution in [3.8, 4) is 0 Å². The van der Waals surface area contributed by atoms with Crippen molar-refractivity contribution in [3.05, 3.63) is 36.2 Å². The lowest BCUT2D eigenvalue weighted by atomic mass is 10.1. The fraction of sp³-hybridized carbons (Fsp3) is 0.286. The van der Waals surface area contributed by atoms with Gasteiger partial charge in [-0.1, -0.05) is 0 Å². The third-order valence-corrected chi connectivity index (χ3v) is 3.59. The molecule has 1 aromatic heterocycles. The molecule has 0 fully saturated rings. The molecule has 0 radical (unpaired) electrons. The Morgan fingerprint density at radius 3 is 2.67 bits per heavy atom. The van der Waals surface area contributed by atoms with Crippen LogP contribution < -0.4 is 5.32 Å². The molecule has 2 aromatic rings. The summed E-state index contributed by atoms with van der Waals surface area (Å²) >= 11 is 1.54. The molecule has 21 heavy (non-hydrogen) atoms. The van der Waals surface area contributed by atoms with Crippen molar-refractivity contribution in [1.29, 1.82) is 0 Å². The van der Waals surface area contributed by atoms with E-state index < -0.39 is 17.9 Å². The zero-order valence-electron chi connectivity index (χ0n) is 11.4. The molecule has 0 saturated heterocycles. The fourth-order valence-corrected chi connectivity index (χ4v) is 2.31. The summed E-state index contributed by atoms with van der Waals surface area (Å²) in [5, 5.41) is 11.7. The number of thioether (sulfide) groups is 1. The summed E-state index contributed by atoms with van der Waals surface area (Å²) in [6.45, 7) is 0. The molecule has 1 unspecified atom stereocenters. The molecule has 2 N–H and O–H groups in total. The van der Waals surface area contributed by atoms with Crippen molar-refractivity contribution in [1.82, 2.24) is 15.3 Å². The van der Waals surface area contributed by atoms with Gasteiger partial charge in [0, 0.05) is 18.0 Å². The van der Waals surface area contributed by atoms with Crippen LogP contribution in [0.2, 0.25) is 0 Å². The maximum absolute atomic E-state index is 12.1. The van der Waals surface area contributed by atoms with E-state index in [1.165, 1.54) is 11.8 Å². The van der Waals surface area contributed by atoms with Gasteiger partial charge in [-0.05, 0) is 36.6 Å². The molecule has 7 heteroatoms. The van der Waals surface area contributed by atoms with Crippen molar-refractivity contribution >= 4 is 34.7 Å². The zero-order chi connectivity index (χ0) is 15.2. The zero-order valence-corrected chi connectivity index (χ0v) is 12.3. The van der Waals surface area contributed by atoms with E-state index in [0.29, 0.717) is 28.8 Å². The van der Waals surface area contributed by atoms with Gasteiger partial charge in [0.1, 0.15) is 6.04 Å². The number of rotatable bonds is 6. The van der Waals surface area contributed by atoms with E-state index in [1.54, 1.807) is 30.6 Å². The van der Waals surface area contributed by atoms with E-state index >= 15 is 0 Å². The van der Waals surface area contributed by atoms with E-state index in [0.717, 1.165) is 0 Å². The topological polar surface area (TPSA) is 92.2 Å². The van der Waals surface area contributed by atoms with Gasteiger partial charge in [0.2, 0.25) is 0 Å². The number of benzene rings is 1. The molecule has 1 amide bonds. The lowest BCUT2D eigenvalue weighted by molar-refractivity contribution is -0.139. The average molecular weight is 305 g/mol. The molecule has 1 heterocycles. The molecule has 6 nitrogen and oxygen atoms in total. The minimum absolute atomic E-state index is 0.374. The van der Waals surface area contributed by atoms with Crippen LogP contribution in [0.15, 0.2) is 30.6 Å². The van der Waals surface area contributed by atoms with E-state index in [-0.39, 0.29) is 0 Å². The Morgan fingerprint density at radius 2 is 2.00 bits per heavy atom. The highest BCUT2D eigenvalue weighted by Gasteiger charge is 2.20. The van der Waals surface area contributed by atoms with Crippen LogP contribution in [-0.4, -0.2) is 45.0 Å². The van der Waals surface area contributed by atoms with Gasteiger partial charge in [-0.25, -0.2) is 4.79 Å². The summed E-state index contributed by atoms with van der Waals surface area (Å²) in [5.41, 5.74) is 1.66. The molecule has 0 spiro atoms. The lowest BCUT2D eigenvalue weighted by Crippen LogP contribution is -2.41. The minimum atomic E-state index is -1.03. The van der Waals surface area contributed by atoms with Gasteiger partial charge < -0.3 is 10.4 Å². The lowest BCUT2D eigenvalue weighted by Gasteiger charge is -2.14. The number of aliphatic carboxylic acids is 1. The van der Waals surface area contributed by atoms with Crippen LogP contribution in [0.3, 0.4) is 0 Å². The number of nitrogens with zero attached hydrogens (tertiary/aromatic N) is 2. The molecule has 110 valence electrons. The third-order valence-electron chi connectivity index (χ3n) is 2.95. The Labute approximate surface area is 126 Å². The smallest absolute Gasteiger partial charge is 0.326 e. The summed E-state index contributed by atoms with van der Waals surface area (Å²) < 4.78 is 0. The molecule has 1 aromatic carbocycles. The summed E-state index contributed by atoms with van der Waals surface area (Å²) in [4.78, 5) is 31.5. The van der Waals surface area contributed by atoms with Crippen molar-refractivity contribution in [2.75, 3.05) is 12.0 Å². The standard InChI is InChI=1S/C14H15N3O3S/c1-21-7-4-11(14(19)20)17-13(18)9-2-3-10-12(8-9)16-6-5-15-10/h2-3,5-6,8,11H,4,7H2,1H3,(H,17,18)(H,19,20). The van der Waals surface area contributed by atoms with Gasteiger partial charge >= 0.3 is 5.97 Å². The molecule has 2 rings (SSSR count). The molecule has 0 aliphatic heterocycles. The number of carbonyl (C=O) groups is 2. The summed E-state index contributed by atoms with van der Waals surface area (Å²) in [6, 6.07) is 4.02. The first-order valence-corrected chi connectivity index (χ1v) is 7.74. The Balaban J connectivity index is 2.15. The van der Waals surface area contributed by atoms with E-state index in [2.05, 4.69) is 15.3 Å². The van der Waals surface area contributed by atoms with Gasteiger partial charge in [-0.15, -0.1) is 0 Å². The van der Waals surface area contributed by atoms with Crippen LogP contribution in [0.25, 0.3) is 11.0 Å². The largest absolute Gasteiger partial charge is 0.480 e. The molecule has 0 aliphatic carbocycles. The molecule has 0 saturated carbocycles.